The number of esters is 1. The SMILES string of the molecule is CCOC(=O)C1ON=C(OCCCCCc2ccccc2)C1(OC)c1ccccc1. The fraction of sp³-hybridized carbons (Fsp3) is 0.417. The van der Waals surface area contributed by atoms with Crippen LogP contribution in [0.1, 0.15) is 37.3 Å². The minimum Gasteiger partial charge on any atom is -0.476 e. The molecule has 0 N–H and O–H groups in total. The molecule has 2 unspecified atom stereocenters. The van der Waals surface area contributed by atoms with Crippen LogP contribution in [0.15, 0.2) is 65.8 Å². The molecule has 3 rings (SSSR count). The lowest BCUT2D eigenvalue weighted by Gasteiger charge is -2.31. The van der Waals surface area contributed by atoms with Gasteiger partial charge in [-0.2, -0.15) is 0 Å². The maximum absolute atomic E-state index is 12.5. The number of rotatable bonds is 10. The van der Waals surface area contributed by atoms with Gasteiger partial charge in [0.2, 0.25) is 5.60 Å². The molecular formula is C24H29NO5. The number of hydrogen-bond acceptors (Lipinski definition) is 6. The smallest absolute Gasteiger partial charge is 0.354 e. The molecule has 1 aliphatic rings. The number of nitrogens with zero attached hydrogens (tertiary/aromatic N) is 1. The Labute approximate surface area is 177 Å². The molecular weight excluding hydrogens is 382 g/mol. The van der Waals surface area contributed by atoms with Crippen LogP contribution in [0.3, 0.4) is 0 Å². The molecule has 6 heteroatoms. The van der Waals surface area contributed by atoms with E-state index in [0.29, 0.717) is 6.61 Å². The molecule has 0 aromatic heterocycles. The third-order valence-electron chi connectivity index (χ3n) is 5.14. The summed E-state index contributed by atoms with van der Waals surface area (Å²) in [4.78, 5) is 18.0. The van der Waals surface area contributed by atoms with Crippen molar-refractivity contribution in [1.82, 2.24) is 0 Å². The van der Waals surface area contributed by atoms with Gasteiger partial charge in [-0.15, -0.1) is 0 Å². The first-order valence-electron chi connectivity index (χ1n) is 10.4. The number of carbonyl (C=O) groups excluding carboxylic acids is 1. The van der Waals surface area contributed by atoms with Crippen molar-refractivity contribution >= 4 is 11.9 Å². The van der Waals surface area contributed by atoms with Crippen molar-refractivity contribution in [2.24, 2.45) is 5.16 Å². The molecule has 2 atom stereocenters. The van der Waals surface area contributed by atoms with Crippen LogP contribution >= 0.6 is 0 Å². The summed E-state index contributed by atoms with van der Waals surface area (Å²) in [6.07, 6.45) is 2.95. The molecule has 1 heterocycles. The molecule has 0 amide bonds. The zero-order chi connectivity index (χ0) is 21.2. The highest BCUT2D eigenvalue weighted by molar-refractivity contribution is 5.95. The van der Waals surface area contributed by atoms with Crippen LogP contribution in [0.2, 0.25) is 0 Å². The predicted molar refractivity (Wildman–Crippen MR) is 114 cm³/mol. The van der Waals surface area contributed by atoms with Crippen LogP contribution in [-0.4, -0.2) is 38.3 Å². The molecule has 0 fully saturated rings. The number of benzene rings is 2. The summed E-state index contributed by atoms with van der Waals surface area (Å²) in [7, 11) is 1.52. The first-order valence-corrected chi connectivity index (χ1v) is 10.4. The maximum Gasteiger partial charge on any atom is 0.354 e. The van der Waals surface area contributed by atoms with Gasteiger partial charge < -0.3 is 19.0 Å². The van der Waals surface area contributed by atoms with Gasteiger partial charge in [-0.05, 0) is 48.9 Å². The Bertz CT molecular complexity index is 824. The molecule has 1 aliphatic heterocycles. The highest BCUT2D eigenvalue weighted by atomic mass is 16.7. The van der Waals surface area contributed by atoms with Crippen molar-refractivity contribution in [2.45, 2.75) is 44.3 Å². The number of hydrogen-bond donors (Lipinski definition) is 0. The zero-order valence-electron chi connectivity index (χ0n) is 17.6. The molecule has 30 heavy (non-hydrogen) atoms. The highest BCUT2D eigenvalue weighted by Crippen LogP contribution is 2.38. The van der Waals surface area contributed by atoms with Crippen LogP contribution in [0.25, 0.3) is 0 Å². The van der Waals surface area contributed by atoms with Crippen LogP contribution in [0, 0.1) is 0 Å². The van der Waals surface area contributed by atoms with Crippen LogP contribution in [-0.2, 0) is 35.9 Å². The quantitative estimate of drug-likeness (QED) is 0.432. The van der Waals surface area contributed by atoms with E-state index >= 15 is 0 Å². The van der Waals surface area contributed by atoms with Crippen molar-refractivity contribution in [2.75, 3.05) is 20.3 Å². The van der Waals surface area contributed by atoms with Gasteiger partial charge in [0.15, 0.2) is 0 Å². The van der Waals surface area contributed by atoms with E-state index in [-0.39, 0.29) is 12.5 Å². The molecule has 2 aromatic rings. The van der Waals surface area contributed by atoms with E-state index in [1.54, 1.807) is 6.92 Å². The molecule has 0 radical (unpaired) electrons. The molecule has 0 saturated carbocycles. The minimum atomic E-state index is -1.27. The molecule has 0 bridgehead atoms. The lowest BCUT2D eigenvalue weighted by atomic mass is 9.87. The second-order valence-electron chi connectivity index (χ2n) is 7.08. The molecule has 2 aromatic carbocycles. The van der Waals surface area contributed by atoms with E-state index in [1.807, 2.05) is 36.4 Å². The van der Waals surface area contributed by atoms with Crippen LogP contribution < -0.4 is 0 Å². The number of ether oxygens (including phenoxy) is 3. The van der Waals surface area contributed by atoms with Gasteiger partial charge in [-0.1, -0.05) is 60.7 Å². The molecule has 6 nitrogen and oxygen atoms in total. The average Bonchev–Trinajstić information content (AvgIpc) is 3.17. The first kappa shape index (κ1) is 21.8. The fourth-order valence-electron chi connectivity index (χ4n) is 3.61. The number of methoxy groups -OCH3 is 1. The zero-order valence-corrected chi connectivity index (χ0v) is 17.6. The van der Waals surface area contributed by atoms with Gasteiger partial charge in [0, 0.05) is 7.11 Å². The highest BCUT2D eigenvalue weighted by Gasteiger charge is 2.58. The van der Waals surface area contributed by atoms with E-state index < -0.39 is 17.7 Å². The van der Waals surface area contributed by atoms with Crippen molar-refractivity contribution in [3.8, 4) is 0 Å². The van der Waals surface area contributed by atoms with E-state index in [0.717, 1.165) is 31.2 Å². The third-order valence-corrected chi connectivity index (χ3v) is 5.14. The predicted octanol–water partition coefficient (Wildman–Crippen LogP) is 4.23. The summed E-state index contributed by atoms with van der Waals surface area (Å²) in [5.41, 5.74) is 0.801. The maximum atomic E-state index is 12.5. The summed E-state index contributed by atoms with van der Waals surface area (Å²) in [6.45, 7) is 2.45. The van der Waals surface area contributed by atoms with Crippen molar-refractivity contribution in [1.29, 1.82) is 0 Å². The Morgan fingerprint density at radius 2 is 1.73 bits per heavy atom. The van der Waals surface area contributed by atoms with Gasteiger partial charge in [-0.25, -0.2) is 4.79 Å². The van der Waals surface area contributed by atoms with Gasteiger partial charge >= 0.3 is 5.97 Å². The monoisotopic (exact) mass is 411 g/mol. The Morgan fingerprint density at radius 3 is 2.40 bits per heavy atom. The number of oxime groups is 1. The second kappa shape index (κ2) is 10.8. The standard InChI is InChI=1S/C24H29NO5/c1-3-28-22(26)21-24(27-2,20-16-10-5-11-17-20)23(25-30-21)29-18-12-6-9-15-19-13-7-4-8-14-19/h4-5,7-8,10-11,13-14,16-17,21H,3,6,9,12,15,18H2,1-2H3. The summed E-state index contributed by atoms with van der Waals surface area (Å²) in [6, 6.07) is 19.8. The lowest BCUT2D eigenvalue weighted by molar-refractivity contribution is -0.169. The van der Waals surface area contributed by atoms with Crippen LogP contribution in [0.4, 0.5) is 0 Å². The number of unbranched alkanes of at least 4 members (excludes halogenated alkanes) is 2. The average molecular weight is 411 g/mol. The Kier molecular flexibility index (Phi) is 7.85. The van der Waals surface area contributed by atoms with E-state index in [2.05, 4.69) is 29.4 Å². The molecule has 0 saturated heterocycles. The summed E-state index contributed by atoms with van der Waals surface area (Å²) >= 11 is 0. The van der Waals surface area contributed by atoms with Gasteiger partial charge in [-0.3, -0.25) is 0 Å². The molecule has 160 valence electrons. The summed E-state index contributed by atoms with van der Waals surface area (Å²) in [5.74, 6) is -0.286. The Balaban J connectivity index is 1.61. The first-order chi connectivity index (χ1) is 14.7. The molecule has 0 aliphatic carbocycles. The van der Waals surface area contributed by atoms with E-state index in [9.17, 15) is 4.79 Å². The third kappa shape index (κ3) is 4.82. The Hall–Kier alpha value is -2.86. The summed E-state index contributed by atoms with van der Waals surface area (Å²) in [5, 5.41) is 4.06. The second-order valence-corrected chi connectivity index (χ2v) is 7.08. The van der Waals surface area contributed by atoms with Gasteiger partial charge in [0.25, 0.3) is 12.0 Å². The van der Waals surface area contributed by atoms with Crippen molar-refractivity contribution in [3.63, 3.8) is 0 Å². The lowest BCUT2D eigenvalue weighted by Crippen LogP contribution is -2.50. The topological polar surface area (TPSA) is 66.4 Å². The normalized spacial score (nSPS) is 20.3. The molecule has 0 spiro atoms. The fourth-order valence-corrected chi connectivity index (χ4v) is 3.61. The largest absolute Gasteiger partial charge is 0.476 e. The van der Waals surface area contributed by atoms with Gasteiger partial charge in [0.05, 0.1) is 13.2 Å². The Morgan fingerprint density at radius 1 is 1.03 bits per heavy atom. The van der Waals surface area contributed by atoms with Crippen molar-refractivity contribution < 1.29 is 23.8 Å². The van der Waals surface area contributed by atoms with E-state index in [4.69, 9.17) is 19.0 Å². The van der Waals surface area contributed by atoms with Crippen LogP contribution in [0.5, 0.6) is 0 Å². The number of carbonyl (C=O) groups is 1. The van der Waals surface area contributed by atoms with Crippen molar-refractivity contribution in [3.05, 3.63) is 71.8 Å². The van der Waals surface area contributed by atoms with E-state index in [1.165, 1.54) is 12.7 Å². The summed E-state index contributed by atoms with van der Waals surface area (Å²) < 4.78 is 17.0. The minimum absolute atomic E-state index is 0.241. The number of aryl methyl sites for hydroxylation is 1. The van der Waals surface area contributed by atoms with Gasteiger partial charge in [0.1, 0.15) is 0 Å².